The zero-order valence-corrected chi connectivity index (χ0v) is 13.5. The minimum Gasteiger partial charge on any atom is -0.493 e. The molecule has 0 unspecified atom stereocenters. The van der Waals surface area contributed by atoms with Crippen LogP contribution in [0.3, 0.4) is 0 Å². The second kappa shape index (κ2) is 8.85. The molecular formula is C16H16F4O4. The lowest BCUT2D eigenvalue weighted by Gasteiger charge is -2.06. The molecule has 0 spiro atoms. The van der Waals surface area contributed by atoms with Gasteiger partial charge in [-0.3, -0.25) is 0 Å². The Bertz CT molecular complexity index is 575. The van der Waals surface area contributed by atoms with Gasteiger partial charge in [-0.25, -0.2) is 17.6 Å². The smallest absolute Gasteiger partial charge is 0.163 e. The Labute approximate surface area is 136 Å². The number of ether oxygens (including phenoxy) is 4. The summed E-state index contributed by atoms with van der Waals surface area (Å²) in [4.78, 5) is 0. The molecule has 0 heterocycles. The van der Waals surface area contributed by atoms with Crippen LogP contribution in [0.1, 0.15) is 0 Å². The Balaban J connectivity index is 0.000000240. The van der Waals surface area contributed by atoms with Crippen molar-refractivity contribution in [3.05, 3.63) is 47.5 Å². The SMILES string of the molecule is COc1cc(F)c(F)cc1OC.COc1cc(F)c(F)cc1OC. The van der Waals surface area contributed by atoms with Crippen LogP contribution < -0.4 is 18.9 Å². The minimum atomic E-state index is -0.951. The lowest BCUT2D eigenvalue weighted by Crippen LogP contribution is -1.93. The topological polar surface area (TPSA) is 36.9 Å². The maximum absolute atomic E-state index is 12.6. The Hall–Kier alpha value is -2.64. The number of rotatable bonds is 4. The van der Waals surface area contributed by atoms with Crippen LogP contribution in [0.25, 0.3) is 0 Å². The molecule has 0 aliphatic carbocycles. The van der Waals surface area contributed by atoms with Crippen molar-refractivity contribution in [2.24, 2.45) is 0 Å². The molecule has 2 aromatic carbocycles. The lowest BCUT2D eigenvalue weighted by molar-refractivity contribution is 0.347. The molecule has 0 aromatic heterocycles. The second-order valence-corrected chi connectivity index (χ2v) is 4.24. The molecular weight excluding hydrogens is 332 g/mol. The molecule has 0 amide bonds. The Morgan fingerprint density at radius 1 is 0.458 bits per heavy atom. The van der Waals surface area contributed by atoms with Gasteiger partial charge in [0.15, 0.2) is 46.3 Å². The van der Waals surface area contributed by atoms with Gasteiger partial charge in [0.25, 0.3) is 0 Å². The van der Waals surface area contributed by atoms with Crippen LogP contribution in [0.2, 0.25) is 0 Å². The van der Waals surface area contributed by atoms with Gasteiger partial charge in [0.05, 0.1) is 28.4 Å². The van der Waals surface area contributed by atoms with Gasteiger partial charge in [-0.2, -0.15) is 0 Å². The van der Waals surface area contributed by atoms with Crippen LogP contribution in [0.15, 0.2) is 24.3 Å². The third-order valence-corrected chi connectivity index (χ3v) is 2.85. The van der Waals surface area contributed by atoms with E-state index in [-0.39, 0.29) is 23.0 Å². The Kier molecular flexibility index (Phi) is 7.16. The molecule has 132 valence electrons. The van der Waals surface area contributed by atoms with E-state index in [1.165, 1.54) is 28.4 Å². The molecule has 0 N–H and O–H groups in total. The average molecular weight is 348 g/mol. The molecule has 2 rings (SSSR count). The molecule has 0 radical (unpaired) electrons. The summed E-state index contributed by atoms with van der Waals surface area (Å²) in [6.45, 7) is 0. The van der Waals surface area contributed by atoms with Crippen molar-refractivity contribution in [3.8, 4) is 23.0 Å². The first kappa shape index (κ1) is 19.4. The highest BCUT2D eigenvalue weighted by molar-refractivity contribution is 5.41. The van der Waals surface area contributed by atoms with E-state index in [9.17, 15) is 17.6 Å². The van der Waals surface area contributed by atoms with E-state index in [1.807, 2.05) is 0 Å². The molecule has 4 nitrogen and oxygen atoms in total. The highest BCUT2D eigenvalue weighted by atomic mass is 19.2. The van der Waals surface area contributed by atoms with Gasteiger partial charge >= 0.3 is 0 Å². The third kappa shape index (κ3) is 4.68. The summed E-state index contributed by atoms with van der Waals surface area (Å²) in [5.74, 6) is -3.10. The minimum absolute atomic E-state index is 0.177. The van der Waals surface area contributed by atoms with Crippen molar-refractivity contribution in [2.45, 2.75) is 0 Å². The number of benzene rings is 2. The fourth-order valence-electron chi connectivity index (χ4n) is 1.66. The molecule has 0 fully saturated rings. The van der Waals surface area contributed by atoms with Crippen LogP contribution in [0.5, 0.6) is 23.0 Å². The molecule has 0 bridgehead atoms. The fraction of sp³-hybridized carbons (Fsp3) is 0.250. The molecule has 8 heteroatoms. The summed E-state index contributed by atoms with van der Waals surface area (Å²) in [6, 6.07) is 3.75. The zero-order valence-electron chi connectivity index (χ0n) is 13.5. The fourth-order valence-corrected chi connectivity index (χ4v) is 1.66. The number of hydrogen-bond acceptors (Lipinski definition) is 4. The number of methoxy groups -OCH3 is 4. The van der Waals surface area contributed by atoms with Gasteiger partial charge in [0.2, 0.25) is 0 Å². The average Bonchev–Trinajstić information content (AvgIpc) is 2.59. The first-order valence-electron chi connectivity index (χ1n) is 6.51. The maximum Gasteiger partial charge on any atom is 0.163 e. The highest BCUT2D eigenvalue weighted by Gasteiger charge is 2.10. The van der Waals surface area contributed by atoms with Crippen LogP contribution in [-0.4, -0.2) is 28.4 Å². The number of halogens is 4. The molecule has 0 aliphatic heterocycles. The standard InChI is InChI=1S/2C8H8F2O2/c2*1-11-7-3-5(9)6(10)4-8(7)12-2/h2*3-4H,1-2H3. The van der Waals surface area contributed by atoms with E-state index >= 15 is 0 Å². The Morgan fingerprint density at radius 2 is 0.625 bits per heavy atom. The first-order valence-corrected chi connectivity index (χ1v) is 6.51. The van der Waals surface area contributed by atoms with Gasteiger partial charge in [0.1, 0.15) is 0 Å². The summed E-state index contributed by atoms with van der Waals surface area (Å²) in [6.07, 6.45) is 0. The maximum atomic E-state index is 12.6. The molecule has 0 atom stereocenters. The van der Waals surface area contributed by atoms with Gasteiger partial charge in [-0.15, -0.1) is 0 Å². The largest absolute Gasteiger partial charge is 0.493 e. The van der Waals surface area contributed by atoms with Gasteiger partial charge in [-0.1, -0.05) is 0 Å². The molecule has 2 aromatic rings. The van der Waals surface area contributed by atoms with Crippen LogP contribution >= 0.6 is 0 Å². The molecule has 0 saturated heterocycles. The highest BCUT2D eigenvalue weighted by Crippen LogP contribution is 2.29. The van der Waals surface area contributed by atoms with Crippen molar-refractivity contribution in [1.82, 2.24) is 0 Å². The second-order valence-electron chi connectivity index (χ2n) is 4.24. The molecule has 0 aliphatic rings. The first-order chi connectivity index (χ1) is 11.4. The number of hydrogen-bond donors (Lipinski definition) is 0. The normalized spacial score (nSPS) is 9.67. The summed E-state index contributed by atoms with van der Waals surface area (Å²) in [7, 11) is 5.43. The van der Waals surface area contributed by atoms with Crippen LogP contribution in [0, 0.1) is 23.3 Å². The third-order valence-electron chi connectivity index (χ3n) is 2.85. The molecule has 24 heavy (non-hydrogen) atoms. The van der Waals surface area contributed by atoms with Gasteiger partial charge in [0, 0.05) is 24.3 Å². The predicted molar refractivity (Wildman–Crippen MR) is 78.9 cm³/mol. The van der Waals surface area contributed by atoms with E-state index in [4.69, 9.17) is 18.9 Å². The van der Waals surface area contributed by atoms with Gasteiger partial charge < -0.3 is 18.9 Å². The van der Waals surface area contributed by atoms with E-state index in [0.29, 0.717) is 0 Å². The summed E-state index contributed by atoms with van der Waals surface area (Å²) < 4.78 is 69.2. The summed E-state index contributed by atoms with van der Waals surface area (Å²) in [5.41, 5.74) is 0. The van der Waals surface area contributed by atoms with Crippen molar-refractivity contribution in [2.75, 3.05) is 28.4 Å². The monoisotopic (exact) mass is 348 g/mol. The van der Waals surface area contributed by atoms with Crippen LogP contribution in [-0.2, 0) is 0 Å². The van der Waals surface area contributed by atoms with Crippen molar-refractivity contribution < 1.29 is 36.5 Å². The summed E-state index contributed by atoms with van der Waals surface area (Å²) >= 11 is 0. The molecule has 0 saturated carbocycles. The van der Waals surface area contributed by atoms with Crippen molar-refractivity contribution in [1.29, 1.82) is 0 Å². The van der Waals surface area contributed by atoms with E-state index in [0.717, 1.165) is 24.3 Å². The van der Waals surface area contributed by atoms with E-state index < -0.39 is 23.3 Å². The summed E-state index contributed by atoms with van der Waals surface area (Å²) in [5, 5.41) is 0. The van der Waals surface area contributed by atoms with Crippen molar-refractivity contribution >= 4 is 0 Å². The quantitative estimate of drug-likeness (QED) is 0.784. The van der Waals surface area contributed by atoms with Crippen molar-refractivity contribution in [3.63, 3.8) is 0 Å². The van der Waals surface area contributed by atoms with Gasteiger partial charge in [-0.05, 0) is 0 Å². The van der Waals surface area contributed by atoms with Crippen LogP contribution in [0.4, 0.5) is 17.6 Å². The predicted octanol–water partition coefficient (Wildman–Crippen LogP) is 3.96. The zero-order chi connectivity index (χ0) is 18.3. The van der Waals surface area contributed by atoms with E-state index in [2.05, 4.69) is 0 Å². The Morgan fingerprint density at radius 3 is 0.750 bits per heavy atom. The van der Waals surface area contributed by atoms with E-state index in [1.54, 1.807) is 0 Å². The lowest BCUT2D eigenvalue weighted by atomic mass is 10.3.